The van der Waals surface area contributed by atoms with Crippen molar-refractivity contribution in [1.29, 1.82) is 0 Å². The predicted octanol–water partition coefficient (Wildman–Crippen LogP) is 1.86. The number of nitrogens with zero attached hydrogens (tertiary/aromatic N) is 4. The molecule has 0 aliphatic carbocycles. The summed E-state index contributed by atoms with van der Waals surface area (Å²) in [6.07, 6.45) is 5.18. The maximum Gasteiger partial charge on any atom is 0.261 e. The maximum absolute atomic E-state index is 12.6. The molecule has 0 radical (unpaired) electrons. The van der Waals surface area contributed by atoms with E-state index in [0.717, 1.165) is 0 Å². The second kappa shape index (κ2) is 5.40. The number of ether oxygens (including phenoxy) is 1. The fourth-order valence-electron chi connectivity index (χ4n) is 2.32. The summed E-state index contributed by atoms with van der Waals surface area (Å²) in [7, 11) is 1.58. The zero-order chi connectivity index (χ0) is 14.8. The average molecular weight is 284 g/mol. The molecule has 1 unspecified atom stereocenters. The first-order valence-corrected chi connectivity index (χ1v) is 6.71. The van der Waals surface area contributed by atoms with Gasteiger partial charge in [-0.15, -0.1) is 0 Å². The van der Waals surface area contributed by atoms with Gasteiger partial charge < -0.3 is 4.74 Å². The van der Waals surface area contributed by atoms with E-state index in [2.05, 4.69) is 10.1 Å². The van der Waals surface area contributed by atoms with E-state index in [9.17, 15) is 4.79 Å². The van der Waals surface area contributed by atoms with Crippen LogP contribution in [0, 0.1) is 0 Å². The van der Waals surface area contributed by atoms with Crippen LogP contribution >= 0.6 is 0 Å². The Kier molecular flexibility index (Phi) is 3.43. The van der Waals surface area contributed by atoms with E-state index < -0.39 is 0 Å². The lowest BCUT2D eigenvalue weighted by atomic mass is 10.2. The van der Waals surface area contributed by atoms with E-state index in [1.54, 1.807) is 47.1 Å². The highest BCUT2D eigenvalue weighted by Gasteiger charge is 2.11. The monoisotopic (exact) mass is 284 g/mol. The molecule has 2 heterocycles. The van der Waals surface area contributed by atoms with Crippen molar-refractivity contribution in [2.24, 2.45) is 0 Å². The molecule has 3 rings (SSSR count). The first-order valence-electron chi connectivity index (χ1n) is 6.71. The van der Waals surface area contributed by atoms with Crippen LogP contribution in [0.15, 0.2) is 47.8 Å². The van der Waals surface area contributed by atoms with Crippen LogP contribution in [0.4, 0.5) is 0 Å². The zero-order valence-electron chi connectivity index (χ0n) is 11.9. The molecule has 0 N–H and O–H groups in total. The Labute approximate surface area is 121 Å². The van der Waals surface area contributed by atoms with Crippen molar-refractivity contribution in [2.75, 3.05) is 7.11 Å². The normalized spacial score (nSPS) is 12.5. The Hall–Kier alpha value is -2.63. The van der Waals surface area contributed by atoms with Crippen LogP contribution in [-0.2, 0) is 6.54 Å². The molecule has 2 aromatic heterocycles. The SMILES string of the molecule is COc1ccc2ncn(C(C)Cn3cccn3)c(=O)c2c1. The Morgan fingerprint density at radius 1 is 1.38 bits per heavy atom. The minimum atomic E-state index is -0.0708. The highest BCUT2D eigenvalue weighted by molar-refractivity contribution is 5.78. The fraction of sp³-hybridized carbons (Fsp3) is 0.267. The van der Waals surface area contributed by atoms with Crippen molar-refractivity contribution in [1.82, 2.24) is 19.3 Å². The first-order chi connectivity index (χ1) is 10.2. The lowest BCUT2D eigenvalue weighted by molar-refractivity contribution is 0.414. The molecule has 6 heteroatoms. The highest BCUT2D eigenvalue weighted by atomic mass is 16.5. The molecule has 1 aromatic carbocycles. The Morgan fingerprint density at radius 3 is 2.95 bits per heavy atom. The minimum Gasteiger partial charge on any atom is -0.497 e. The first kappa shape index (κ1) is 13.4. The van der Waals surface area contributed by atoms with Crippen LogP contribution in [0.5, 0.6) is 5.75 Å². The van der Waals surface area contributed by atoms with Gasteiger partial charge >= 0.3 is 0 Å². The lowest BCUT2D eigenvalue weighted by Crippen LogP contribution is -2.26. The summed E-state index contributed by atoms with van der Waals surface area (Å²) in [5.74, 6) is 0.652. The van der Waals surface area contributed by atoms with Gasteiger partial charge in [0.2, 0.25) is 0 Å². The topological polar surface area (TPSA) is 61.9 Å². The fourth-order valence-corrected chi connectivity index (χ4v) is 2.32. The van der Waals surface area contributed by atoms with Crippen molar-refractivity contribution < 1.29 is 4.74 Å². The van der Waals surface area contributed by atoms with Crippen molar-refractivity contribution >= 4 is 10.9 Å². The van der Waals surface area contributed by atoms with Gasteiger partial charge in [-0.05, 0) is 31.2 Å². The molecular formula is C15H16N4O2. The second-order valence-corrected chi connectivity index (χ2v) is 4.92. The van der Waals surface area contributed by atoms with Gasteiger partial charge in [-0.25, -0.2) is 4.98 Å². The highest BCUT2D eigenvalue weighted by Crippen LogP contribution is 2.17. The smallest absolute Gasteiger partial charge is 0.261 e. The van der Waals surface area contributed by atoms with E-state index in [1.807, 2.05) is 19.2 Å². The molecule has 0 amide bonds. The maximum atomic E-state index is 12.6. The quantitative estimate of drug-likeness (QED) is 0.733. The molecule has 21 heavy (non-hydrogen) atoms. The van der Waals surface area contributed by atoms with Crippen molar-refractivity contribution in [3.8, 4) is 5.75 Å². The zero-order valence-corrected chi connectivity index (χ0v) is 11.9. The van der Waals surface area contributed by atoms with Gasteiger partial charge in [-0.1, -0.05) is 0 Å². The summed E-state index contributed by atoms with van der Waals surface area (Å²) in [6, 6.07) is 7.13. The standard InChI is InChI=1S/C15H16N4O2/c1-11(9-18-7-3-6-17-18)19-10-16-14-5-4-12(21-2)8-13(14)15(19)20/h3-8,10-11H,9H2,1-2H3. The van der Waals surface area contributed by atoms with Gasteiger partial charge in [0.15, 0.2) is 0 Å². The van der Waals surface area contributed by atoms with Gasteiger partial charge in [0.1, 0.15) is 5.75 Å². The molecule has 0 aliphatic rings. The summed E-state index contributed by atoms with van der Waals surface area (Å²) in [6.45, 7) is 2.58. The molecule has 0 saturated carbocycles. The number of hydrogen-bond donors (Lipinski definition) is 0. The summed E-state index contributed by atoms with van der Waals surface area (Å²) in [5.41, 5.74) is 0.599. The number of benzene rings is 1. The van der Waals surface area contributed by atoms with Gasteiger partial charge in [-0.3, -0.25) is 14.0 Å². The molecule has 0 saturated heterocycles. The van der Waals surface area contributed by atoms with E-state index >= 15 is 0 Å². The van der Waals surface area contributed by atoms with Gasteiger partial charge in [0.25, 0.3) is 5.56 Å². The third kappa shape index (κ3) is 2.52. The summed E-state index contributed by atoms with van der Waals surface area (Å²) < 4.78 is 8.60. The third-order valence-electron chi connectivity index (χ3n) is 3.48. The van der Waals surface area contributed by atoms with Crippen molar-refractivity contribution in [2.45, 2.75) is 19.5 Å². The minimum absolute atomic E-state index is 0.0412. The Morgan fingerprint density at radius 2 is 2.24 bits per heavy atom. The average Bonchev–Trinajstić information content (AvgIpc) is 3.00. The number of aromatic nitrogens is 4. The van der Waals surface area contributed by atoms with Crippen LogP contribution in [0.2, 0.25) is 0 Å². The van der Waals surface area contributed by atoms with Crippen LogP contribution in [0.3, 0.4) is 0 Å². The van der Waals surface area contributed by atoms with E-state index in [4.69, 9.17) is 4.74 Å². The van der Waals surface area contributed by atoms with E-state index in [-0.39, 0.29) is 11.6 Å². The molecule has 0 spiro atoms. The molecule has 6 nitrogen and oxygen atoms in total. The van der Waals surface area contributed by atoms with Crippen molar-refractivity contribution in [3.63, 3.8) is 0 Å². The molecule has 0 aliphatic heterocycles. The number of fused-ring (bicyclic) bond motifs is 1. The third-order valence-corrected chi connectivity index (χ3v) is 3.48. The summed E-state index contributed by atoms with van der Waals surface area (Å²) in [4.78, 5) is 16.9. The van der Waals surface area contributed by atoms with Gasteiger partial charge in [0.05, 0.1) is 36.9 Å². The lowest BCUT2D eigenvalue weighted by Gasteiger charge is -2.15. The largest absolute Gasteiger partial charge is 0.497 e. The molecule has 0 bridgehead atoms. The Balaban J connectivity index is 2.02. The Bertz CT molecular complexity index is 808. The van der Waals surface area contributed by atoms with Gasteiger partial charge in [-0.2, -0.15) is 5.10 Å². The second-order valence-electron chi connectivity index (χ2n) is 4.92. The molecular weight excluding hydrogens is 268 g/mol. The molecule has 3 aromatic rings. The predicted molar refractivity (Wildman–Crippen MR) is 79.5 cm³/mol. The van der Waals surface area contributed by atoms with Crippen LogP contribution < -0.4 is 10.3 Å². The molecule has 108 valence electrons. The molecule has 1 atom stereocenters. The number of hydrogen-bond acceptors (Lipinski definition) is 4. The van der Waals surface area contributed by atoms with Gasteiger partial charge in [0, 0.05) is 12.4 Å². The molecule has 0 fully saturated rings. The van der Waals surface area contributed by atoms with Crippen LogP contribution in [0.1, 0.15) is 13.0 Å². The van der Waals surface area contributed by atoms with Crippen molar-refractivity contribution in [3.05, 3.63) is 53.3 Å². The van der Waals surface area contributed by atoms with E-state index in [0.29, 0.717) is 23.2 Å². The number of rotatable bonds is 4. The van der Waals surface area contributed by atoms with Crippen LogP contribution in [-0.4, -0.2) is 26.4 Å². The number of methoxy groups -OCH3 is 1. The summed E-state index contributed by atoms with van der Waals surface area (Å²) in [5, 5.41) is 4.72. The summed E-state index contributed by atoms with van der Waals surface area (Å²) >= 11 is 0. The van der Waals surface area contributed by atoms with E-state index in [1.165, 1.54) is 0 Å². The van der Waals surface area contributed by atoms with Crippen LogP contribution in [0.25, 0.3) is 10.9 Å².